The summed E-state index contributed by atoms with van der Waals surface area (Å²) < 4.78 is 120. The third-order valence-electron chi connectivity index (χ3n) is 7.69. The van der Waals surface area contributed by atoms with Gasteiger partial charge in [-0.2, -0.15) is 0 Å². The maximum atomic E-state index is 9.36. The zero-order chi connectivity index (χ0) is 42.5. The van der Waals surface area contributed by atoms with Crippen LogP contribution in [0.5, 0.6) is 0 Å². The molecule has 0 amide bonds. The minimum Gasteiger partial charge on any atom is -0.456 e. The van der Waals surface area contributed by atoms with Crippen LogP contribution in [-0.4, -0.2) is 15.0 Å². The Balaban J connectivity index is 1.30. The number of para-hydroxylation sites is 1. The second-order valence-electron chi connectivity index (χ2n) is 10.6. The van der Waals surface area contributed by atoms with Crippen LogP contribution in [0.4, 0.5) is 0 Å². The van der Waals surface area contributed by atoms with Gasteiger partial charge in [-0.25, -0.2) is 15.0 Å². The van der Waals surface area contributed by atoms with Crippen LogP contribution in [-0.2, 0) is 0 Å². The Labute approximate surface area is 289 Å². The maximum Gasteiger partial charge on any atom is 0.164 e. The van der Waals surface area contributed by atoms with Crippen LogP contribution in [0.25, 0.3) is 89.1 Å². The third-order valence-corrected chi connectivity index (χ3v) is 7.69. The third kappa shape index (κ3) is 4.93. The number of nitrogens with zero attached hydrogens (tertiary/aromatic N) is 3. The van der Waals surface area contributed by atoms with E-state index in [1.807, 2.05) is 0 Å². The van der Waals surface area contributed by atoms with Crippen molar-refractivity contribution in [2.45, 2.75) is 0 Å². The highest BCUT2D eigenvalue weighted by molar-refractivity contribution is 6.12. The van der Waals surface area contributed by atoms with Crippen molar-refractivity contribution in [2.75, 3.05) is 0 Å². The number of hydrogen-bond donors (Lipinski definition) is 0. The van der Waals surface area contributed by atoms with Crippen molar-refractivity contribution in [1.29, 1.82) is 0 Å². The predicted octanol–water partition coefficient (Wildman–Crippen LogP) is 11.3. The van der Waals surface area contributed by atoms with Crippen LogP contribution in [0, 0.1) is 0 Å². The van der Waals surface area contributed by atoms with E-state index >= 15 is 0 Å². The molecule has 7 aromatic carbocycles. The van der Waals surface area contributed by atoms with E-state index in [1.165, 1.54) is 0 Å². The molecule has 4 nitrogen and oxygen atoms in total. The number of rotatable bonds is 5. The second-order valence-corrected chi connectivity index (χ2v) is 10.6. The molecule has 0 aliphatic rings. The molecule has 0 atom stereocenters. The summed E-state index contributed by atoms with van der Waals surface area (Å²) in [7, 11) is 0. The molecule has 47 heavy (non-hydrogen) atoms. The first-order valence-electron chi connectivity index (χ1n) is 21.1. The molecule has 9 aromatic rings. The van der Waals surface area contributed by atoms with Gasteiger partial charge in [-0.05, 0) is 63.3 Å². The first kappa shape index (κ1) is 16.8. The van der Waals surface area contributed by atoms with E-state index in [2.05, 4.69) is 4.98 Å². The Hall–Kier alpha value is -6.39. The van der Waals surface area contributed by atoms with Gasteiger partial charge in [-0.15, -0.1) is 0 Å². The van der Waals surface area contributed by atoms with Gasteiger partial charge in [0, 0.05) is 27.5 Å². The fourth-order valence-corrected chi connectivity index (χ4v) is 5.46. The van der Waals surface area contributed by atoms with Crippen molar-refractivity contribution >= 4 is 32.7 Å². The van der Waals surface area contributed by atoms with E-state index in [-0.39, 0.29) is 85.0 Å². The van der Waals surface area contributed by atoms with Crippen molar-refractivity contribution in [3.05, 3.63) is 163 Å². The lowest BCUT2D eigenvalue weighted by molar-refractivity contribution is 0.669. The summed E-state index contributed by atoms with van der Waals surface area (Å²) in [6.45, 7) is 0. The Morgan fingerprint density at radius 3 is 1.83 bits per heavy atom. The molecule has 0 fully saturated rings. The Bertz CT molecular complexity index is 3300. The van der Waals surface area contributed by atoms with Crippen molar-refractivity contribution in [3.8, 4) is 56.4 Å². The summed E-state index contributed by atoms with van der Waals surface area (Å²) in [6.07, 6.45) is 0. The molecule has 2 aromatic heterocycles. The Morgan fingerprint density at radius 1 is 0.447 bits per heavy atom. The van der Waals surface area contributed by atoms with Gasteiger partial charge < -0.3 is 4.42 Å². The van der Waals surface area contributed by atoms with Gasteiger partial charge in [0.25, 0.3) is 0 Å². The van der Waals surface area contributed by atoms with Crippen LogP contribution < -0.4 is 0 Å². The molecular weight excluding hydrogens is 574 g/mol. The molecule has 220 valence electrons. The topological polar surface area (TPSA) is 51.8 Å². The van der Waals surface area contributed by atoms with Crippen LogP contribution in [0.15, 0.2) is 168 Å². The van der Waals surface area contributed by atoms with Crippen LogP contribution >= 0.6 is 0 Å². The van der Waals surface area contributed by atoms with Crippen LogP contribution in [0.3, 0.4) is 0 Å². The normalized spacial score (nSPS) is 15.3. The molecule has 9 rings (SSSR count). The molecule has 0 unspecified atom stereocenters. The van der Waals surface area contributed by atoms with Gasteiger partial charge >= 0.3 is 0 Å². The summed E-state index contributed by atoms with van der Waals surface area (Å²) in [4.78, 5) is 14.1. The largest absolute Gasteiger partial charge is 0.456 e. The summed E-state index contributed by atoms with van der Waals surface area (Å²) in [5.41, 5.74) is 1.21. The summed E-state index contributed by atoms with van der Waals surface area (Å²) in [6, 6.07) is 18.3. The first-order chi connectivity index (χ1) is 28.7. The van der Waals surface area contributed by atoms with Gasteiger partial charge in [-0.3, -0.25) is 0 Å². The summed E-state index contributed by atoms with van der Waals surface area (Å²) in [5, 5.41) is -0.285. The zero-order valence-corrected chi connectivity index (χ0v) is 24.3. The van der Waals surface area contributed by atoms with Gasteiger partial charge in [0.05, 0.1) is 17.8 Å². The van der Waals surface area contributed by atoms with Crippen molar-refractivity contribution in [1.82, 2.24) is 15.0 Å². The lowest BCUT2D eigenvalue weighted by Gasteiger charge is -2.11. The van der Waals surface area contributed by atoms with Gasteiger partial charge in [0.1, 0.15) is 11.2 Å². The maximum absolute atomic E-state index is 9.36. The van der Waals surface area contributed by atoms with E-state index < -0.39 is 60.4 Å². The number of hydrogen-bond acceptors (Lipinski definition) is 4. The SMILES string of the molecule is [2H]c1c([2H])c([2H])c2c(oc3c([2H])c([2H])c([2H])c(-c4cccc(-c5nc(-c6ccccc6)nc(-c6c([2H])c([2H])c7c([2H])c(-c8ccccc8)c([2H])c([2H])c7c6[2H])n5)c4)c32)c1[2H]. The van der Waals surface area contributed by atoms with Gasteiger partial charge in [0.15, 0.2) is 17.5 Å². The summed E-state index contributed by atoms with van der Waals surface area (Å²) >= 11 is 0. The molecule has 0 saturated carbocycles. The highest BCUT2D eigenvalue weighted by atomic mass is 16.3. The van der Waals surface area contributed by atoms with Gasteiger partial charge in [-0.1, -0.05) is 133 Å². The van der Waals surface area contributed by atoms with Crippen molar-refractivity contribution in [2.24, 2.45) is 0 Å². The monoisotopic (exact) mass is 614 g/mol. The van der Waals surface area contributed by atoms with Crippen molar-refractivity contribution < 1.29 is 22.2 Å². The molecule has 4 heteroatoms. The first-order valence-corrected chi connectivity index (χ1v) is 14.6. The average Bonchev–Trinajstić information content (AvgIpc) is 3.66. The smallest absolute Gasteiger partial charge is 0.164 e. The number of benzene rings is 7. The molecule has 0 radical (unpaired) electrons. The second kappa shape index (κ2) is 11.2. The fourth-order valence-electron chi connectivity index (χ4n) is 5.46. The summed E-state index contributed by atoms with van der Waals surface area (Å²) in [5.74, 6) is -0.0256. The van der Waals surface area contributed by atoms with Crippen molar-refractivity contribution in [3.63, 3.8) is 0 Å². The predicted molar refractivity (Wildman–Crippen MR) is 192 cm³/mol. The van der Waals surface area contributed by atoms with Crippen LogP contribution in [0.2, 0.25) is 0 Å². The standard InChI is InChI=1S/C43H27N3O/c1-3-11-28(12-4-1)30-21-22-32-26-35(24-23-31(32)25-30)43-45-41(29-13-5-2-6-14-29)44-42(46-43)34-16-9-15-33(27-34)36-18-10-20-39-40(36)37-17-7-8-19-38(37)47-39/h1-27H/i7D,8D,10D,17D,18D,19D,20D,21D,22D,23D,24D,25D,26D. The zero-order valence-electron chi connectivity index (χ0n) is 37.3. The number of aromatic nitrogens is 3. The molecular formula is C43H27N3O. The Morgan fingerprint density at radius 2 is 1.04 bits per heavy atom. The highest BCUT2D eigenvalue weighted by Gasteiger charge is 2.16. The molecule has 0 N–H and O–H groups in total. The van der Waals surface area contributed by atoms with Gasteiger partial charge in [0.2, 0.25) is 0 Å². The van der Waals surface area contributed by atoms with E-state index in [9.17, 15) is 2.74 Å². The molecule has 0 aliphatic heterocycles. The average molecular weight is 615 g/mol. The van der Waals surface area contributed by atoms with E-state index in [4.69, 9.17) is 29.5 Å². The molecule has 0 spiro atoms. The Kier molecular flexibility index (Phi) is 4.00. The lowest BCUT2D eigenvalue weighted by atomic mass is 9.97. The van der Waals surface area contributed by atoms with E-state index in [0.29, 0.717) is 22.3 Å². The lowest BCUT2D eigenvalue weighted by Crippen LogP contribution is -2.00. The minimum absolute atomic E-state index is 0.0315. The molecule has 0 saturated heterocycles. The number of furan rings is 1. The number of fused-ring (bicyclic) bond motifs is 4. The molecule has 0 bridgehead atoms. The fraction of sp³-hybridized carbons (Fsp3) is 0. The van der Waals surface area contributed by atoms with Crippen LogP contribution in [0.1, 0.15) is 17.8 Å². The van der Waals surface area contributed by atoms with E-state index in [0.717, 1.165) is 0 Å². The molecule has 0 aliphatic carbocycles. The minimum atomic E-state index is -0.537. The van der Waals surface area contributed by atoms with E-state index in [1.54, 1.807) is 84.9 Å². The molecule has 2 heterocycles. The quantitative estimate of drug-likeness (QED) is 0.193. The highest BCUT2D eigenvalue weighted by Crippen LogP contribution is 2.38.